The average Bonchev–Trinajstić information content (AvgIpc) is 3.05. The number of imidazole rings is 1. The van der Waals surface area contributed by atoms with Gasteiger partial charge in [0.1, 0.15) is 19.0 Å². The third-order valence-electron chi connectivity index (χ3n) is 4.84. The Kier molecular flexibility index (Phi) is 5.74. The molecule has 160 valence electrons. The van der Waals surface area contributed by atoms with Gasteiger partial charge >= 0.3 is 12.2 Å². The van der Waals surface area contributed by atoms with Gasteiger partial charge in [0.25, 0.3) is 0 Å². The normalized spacial score (nSPS) is 13.0. The molecule has 2 amide bonds. The van der Waals surface area contributed by atoms with Crippen LogP contribution >= 0.6 is 0 Å². The van der Waals surface area contributed by atoms with E-state index in [2.05, 4.69) is 26.6 Å². The number of carbonyl (C=O) groups is 2. The number of anilines is 1. The summed E-state index contributed by atoms with van der Waals surface area (Å²) in [6.45, 7) is 4.95. The second-order valence-corrected chi connectivity index (χ2v) is 6.89. The summed E-state index contributed by atoms with van der Waals surface area (Å²) >= 11 is 0. The third kappa shape index (κ3) is 4.45. The summed E-state index contributed by atoms with van der Waals surface area (Å²) in [6, 6.07) is 11.6. The number of H-pyrrole nitrogens is 1. The average molecular weight is 422 g/mol. The van der Waals surface area contributed by atoms with Crippen molar-refractivity contribution in [2.45, 2.75) is 6.54 Å². The summed E-state index contributed by atoms with van der Waals surface area (Å²) in [5, 5.41) is 2.52. The molecule has 9 heteroatoms. The Morgan fingerprint density at radius 1 is 1.29 bits per heavy atom. The number of aromatic amines is 1. The summed E-state index contributed by atoms with van der Waals surface area (Å²) in [5.74, 6) is 1.05. The number of nitrogens with one attached hydrogen (secondary N) is 2. The molecule has 0 atom stereocenters. The van der Waals surface area contributed by atoms with Crippen LogP contribution in [0.4, 0.5) is 15.5 Å². The van der Waals surface area contributed by atoms with Crippen LogP contribution in [0.15, 0.2) is 49.1 Å². The van der Waals surface area contributed by atoms with Gasteiger partial charge in [0.05, 0.1) is 31.2 Å². The van der Waals surface area contributed by atoms with Crippen LogP contribution in [0.5, 0.6) is 5.75 Å². The molecule has 4 rings (SSSR count). The van der Waals surface area contributed by atoms with Crippen molar-refractivity contribution in [3.05, 3.63) is 54.6 Å². The Bertz CT molecular complexity index is 1140. The minimum atomic E-state index is -0.596. The quantitative estimate of drug-likeness (QED) is 0.617. The van der Waals surface area contributed by atoms with Crippen LogP contribution < -0.4 is 10.1 Å². The predicted molar refractivity (Wildman–Crippen MR) is 115 cm³/mol. The van der Waals surface area contributed by atoms with E-state index in [0.29, 0.717) is 31.2 Å². The molecule has 2 N–H and O–H groups in total. The van der Waals surface area contributed by atoms with Gasteiger partial charge in [-0.2, -0.15) is 0 Å². The summed E-state index contributed by atoms with van der Waals surface area (Å²) in [7, 11) is 1.29. The molecule has 2 heterocycles. The summed E-state index contributed by atoms with van der Waals surface area (Å²) < 4.78 is 15.6. The van der Waals surface area contributed by atoms with Crippen LogP contribution in [0.3, 0.4) is 0 Å². The molecule has 1 aromatic heterocycles. The summed E-state index contributed by atoms with van der Waals surface area (Å²) in [5.41, 5.74) is 4.29. The topological polar surface area (TPSA) is 106 Å². The van der Waals surface area contributed by atoms with Crippen LogP contribution in [0, 0.1) is 0 Å². The Morgan fingerprint density at radius 3 is 2.90 bits per heavy atom. The molecule has 0 saturated carbocycles. The number of fused-ring (bicyclic) bond motifs is 2. The van der Waals surface area contributed by atoms with Gasteiger partial charge in [0, 0.05) is 5.56 Å². The van der Waals surface area contributed by atoms with Crippen molar-refractivity contribution in [3.63, 3.8) is 0 Å². The third-order valence-corrected chi connectivity index (χ3v) is 4.84. The molecule has 31 heavy (non-hydrogen) atoms. The van der Waals surface area contributed by atoms with E-state index in [1.807, 2.05) is 36.4 Å². The van der Waals surface area contributed by atoms with Gasteiger partial charge in [-0.1, -0.05) is 24.8 Å². The lowest BCUT2D eigenvalue weighted by molar-refractivity contribution is 0.107. The van der Waals surface area contributed by atoms with Crippen molar-refractivity contribution in [2.24, 2.45) is 0 Å². The lowest BCUT2D eigenvalue weighted by Gasteiger charge is -2.19. The van der Waals surface area contributed by atoms with Crippen LogP contribution in [0.2, 0.25) is 0 Å². The van der Waals surface area contributed by atoms with Gasteiger partial charge in [-0.05, 0) is 35.4 Å². The van der Waals surface area contributed by atoms with Crippen molar-refractivity contribution in [1.29, 1.82) is 0 Å². The van der Waals surface area contributed by atoms with E-state index in [0.717, 1.165) is 28.0 Å². The Balaban J connectivity index is 1.60. The lowest BCUT2D eigenvalue weighted by atomic mass is 10.0. The number of carbonyl (C=O) groups excluding carboxylic acids is 2. The first-order valence-electron chi connectivity index (χ1n) is 9.71. The first-order valence-corrected chi connectivity index (χ1v) is 9.71. The first kappa shape index (κ1) is 20.3. The van der Waals surface area contributed by atoms with E-state index in [9.17, 15) is 9.59 Å². The van der Waals surface area contributed by atoms with E-state index >= 15 is 0 Å². The highest BCUT2D eigenvalue weighted by Gasteiger charge is 2.21. The maximum absolute atomic E-state index is 12.3. The molecule has 1 aliphatic heterocycles. The summed E-state index contributed by atoms with van der Waals surface area (Å²) in [6.07, 6.45) is 0.545. The Labute approximate surface area is 178 Å². The van der Waals surface area contributed by atoms with Crippen LogP contribution in [-0.2, 0) is 16.0 Å². The van der Waals surface area contributed by atoms with Crippen LogP contribution in [0.25, 0.3) is 22.2 Å². The number of nitrogens with zero attached hydrogens (tertiary/aromatic N) is 2. The maximum Gasteiger partial charge on any atom is 0.413 e. The highest BCUT2D eigenvalue weighted by Crippen LogP contribution is 2.31. The zero-order valence-corrected chi connectivity index (χ0v) is 17.0. The minimum Gasteiger partial charge on any atom is -0.491 e. The lowest BCUT2D eigenvalue weighted by Crippen LogP contribution is -2.33. The van der Waals surface area contributed by atoms with Gasteiger partial charge in [-0.25, -0.2) is 14.6 Å². The van der Waals surface area contributed by atoms with Crippen molar-refractivity contribution < 1.29 is 23.8 Å². The molecule has 3 aromatic rings. The number of hydrogen-bond donors (Lipinski definition) is 2. The fourth-order valence-corrected chi connectivity index (χ4v) is 3.35. The molecular weight excluding hydrogens is 400 g/mol. The number of methoxy groups -OCH3 is 1. The molecule has 0 unspecified atom stereocenters. The fraction of sp³-hybridized carbons (Fsp3) is 0.227. The predicted octanol–water partition coefficient (Wildman–Crippen LogP) is 3.93. The summed E-state index contributed by atoms with van der Waals surface area (Å²) in [4.78, 5) is 32.7. The van der Waals surface area contributed by atoms with Crippen LogP contribution in [0.1, 0.15) is 5.56 Å². The van der Waals surface area contributed by atoms with Crippen molar-refractivity contribution >= 4 is 29.2 Å². The highest BCUT2D eigenvalue weighted by atomic mass is 16.6. The minimum absolute atomic E-state index is 0.167. The zero-order chi connectivity index (χ0) is 21.8. The van der Waals surface area contributed by atoms with E-state index < -0.39 is 12.2 Å². The van der Waals surface area contributed by atoms with Gasteiger partial charge in [0.15, 0.2) is 0 Å². The van der Waals surface area contributed by atoms with Crippen LogP contribution in [-0.4, -0.2) is 53.9 Å². The second kappa shape index (κ2) is 8.78. The maximum atomic E-state index is 12.3. The van der Waals surface area contributed by atoms with E-state index in [1.54, 1.807) is 4.90 Å². The van der Waals surface area contributed by atoms with Gasteiger partial charge in [0.2, 0.25) is 5.95 Å². The number of benzene rings is 2. The van der Waals surface area contributed by atoms with Crippen molar-refractivity contribution in [2.75, 3.05) is 32.2 Å². The Morgan fingerprint density at radius 2 is 2.10 bits per heavy atom. The number of aromatic nitrogens is 2. The number of ether oxygens (including phenoxy) is 3. The molecule has 0 saturated heterocycles. The Hall–Kier alpha value is -4.01. The van der Waals surface area contributed by atoms with E-state index in [1.165, 1.54) is 13.2 Å². The van der Waals surface area contributed by atoms with Gasteiger partial charge < -0.3 is 24.1 Å². The van der Waals surface area contributed by atoms with Gasteiger partial charge in [-0.15, -0.1) is 0 Å². The molecule has 0 bridgehead atoms. The molecule has 0 radical (unpaired) electrons. The van der Waals surface area contributed by atoms with E-state index in [-0.39, 0.29) is 6.61 Å². The van der Waals surface area contributed by atoms with Crippen molar-refractivity contribution in [3.8, 4) is 16.9 Å². The molecule has 0 spiro atoms. The molecule has 1 aliphatic rings. The number of hydrogen-bond acceptors (Lipinski definition) is 6. The highest BCUT2D eigenvalue weighted by molar-refractivity contribution is 5.88. The monoisotopic (exact) mass is 422 g/mol. The van der Waals surface area contributed by atoms with Crippen molar-refractivity contribution in [1.82, 2.24) is 14.9 Å². The zero-order valence-electron chi connectivity index (χ0n) is 17.0. The molecule has 0 fully saturated rings. The largest absolute Gasteiger partial charge is 0.491 e. The second-order valence-electron chi connectivity index (χ2n) is 6.89. The SMILES string of the molecule is C=CCOC(=O)N1CCOc2ccc(-c3ccc4nc(NC(=O)OC)[nH]c4c3)cc2C1. The van der Waals surface area contributed by atoms with E-state index in [4.69, 9.17) is 9.47 Å². The molecule has 0 aliphatic carbocycles. The number of rotatable bonds is 4. The smallest absolute Gasteiger partial charge is 0.413 e. The molecular formula is C22H22N4O5. The first-order chi connectivity index (χ1) is 15.1. The standard InChI is InChI=1S/C22H22N4O5/c1-3-9-31-22(28)26-8-10-30-19-7-5-14(11-16(19)13-26)15-4-6-17-18(12-15)24-20(23-17)25-21(27)29-2/h3-7,11-12H,1,8-10,13H2,2H3,(H2,23,24,25,27). The molecule has 9 nitrogen and oxygen atoms in total. The van der Waals surface area contributed by atoms with Gasteiger partial charge in [-0.3, -0.25) is 5.32 Å². The fourth-order valence-electron chi connectivity index (χ4n) is 3.35. The number of amides is 2. The molecule has 2 aromatic carbocycles.